The van der Waals surface area contributed by atoms with Gasteiger partial charge in [0.15, 0.2) is 0 Å². The summed E-state index contributed by atoms with van der Waals surface area (Å²) in [6.07, 6.45) is 0.0756. The maximum absolute atomic E-state index is 12.4. The Kier molecular flexibility index (Phi) is 11.1. The lowest BCUT2D eigenvalue weighted by molar-refractivity contribution is -0.144. The second kappa shape index (κ2) is 13.1. The Hall–Kier alpha value is -2.18. The number of aliphatic carboxylic acids is 1. The number of hydrogen-bond acceptors (Lipinski definition) is 6. The van der Waals surface area contributed by atoms with Gasteiger partial charge in [-0.05, 0) is 37.6 Å². The van der Waals surface area contributed by atoms with E-state index >= 15 is 0 Å². The van der Waals surface area contributed by atoms with Crippen LogP contribution in [-0.2, 0) is 19.0 Å². The van der Waals surface area contributed by atoms with Gasteiger partial charge in [-0.3, -0.25) is 9.59 Å². The summed E-state index contributed by atoms with van der Waals surface area (Å²) in [5, 5.41) is 21.1. The number of hydrogen-bond donors (Lipinski definition) is 2. The molecule has 1 rings (SSSR count). The molecule has 9 heteroatoms. The minimum absolute atomic E-state index is 0.0342. The fourth-order valence-electron chi connectivity index (χ4n) is 2.20. The van der Waals surface area contributed by atoms with E-state index in [-0.39, 0.29) is 38.9 Å². The first-order valence-corrected chi connectivity index (χ1v) is 8.75. The number of carboxylic acid groups (broad SMARTS) is 1. The molecular weight excluding hydrogens is 376 g/mol. The lowest BCUT2D eigenvalue weighted by Gasteiger charge is -2.22. The summed E-state index contributed by atoms with van der Waals surface area (Å²) in [5.41, 5.74) is 0.391. The number of amides is 1. The number of carbonyl (C=O) groups is 2. The number of rotatable bonds is 13. The highest BCUT2D eigenvalue weighted by Gasteiger charge is 2.25. The monoisotopic (exact) mass is 398 g/mol. The molecule has 0 heterocycles. The summed E-state index contributed by atoms with van der Waals surface area (Å²) in [7, 11) is 0. The van der Waals surface area contributed by atoms with Crippen LogP contribution in [0.2, 0.25) is 5.02 Å². The van der Waals surface area contributed by atoms with Gasteiger partial charge in [0.05, 0.1) is 31.2 Å². The molecule has 2 unspecified atom stereocenters. The lowest BCUT2D eigenvalue weighted by Crippen LogP contribution is -2.41. The molecule has 2 N–H and O–H groups in total. The Balaban J connectivity index is 2.74. The van der Waals surface area contributed by atoms with Gasteiger partial charge in [-0.2, -0.15) is 5.26 Å². The van der Waals surface area contributed by atoms with Crippen molar-refractivity contribution in [3.63, 3.8) is 0 Å². The van der Waals surface area contributed by atoms with Crippen molar-refractivity contribution in [2.45, 2.75) is 19.4 Å². The van der Waals surface area contributed by atoms with Crippen LogP contribution in [0.15, 0.2) is 24.3 Å². The van der Waals surface area contributed by atoms with Crippen LogP contribution in [0.25, 0.3) is 0 Å². The summed E-state index contributed by atoms with van der Waals surface area (Å²) in [5.74, 6) is -2.35. The van der Waals surface area contributed by atoms with Crippen molar-refractivity contribution >= 4 is 23.5 Å². The number of ether oxygens (including phenoxy) is 3. The van der Waals surface area contributed by atoms with Gasteiger partial charge in [-0.25, -0.2) is 0 Å². The van der Waals surface area contributed by atoms with E-state index in [2.05, 4.69) is 5.32 Å². The molecule has 1 aromatic rings. The van der Waals surface area contributed by atoms with Gasteiger partial charge in [0.25, 0.3) is 5.91 Å². The first-order valence-electron chi connectivity index (χ1n) is 8.37. The molecule has 0 aliphatic rings. The van der Waals surface area contributed by atoms with Gasteiger partial charge in [-0.1, -0.05) is 11.6 Å². The average Bonchev–Trinajstić information content (AvgIpc) is 2.64. The summed E-state index contributed by atoms with van der Waals surface area (Å²) < 4.78 is 15.5. The fourth-order valence-corrected chi connectivity index (χ4v) is 2.33. The van der Waals surface area contributed by atoms with Crippen LogP contribution in [0.5, 0.6) is 0 Å². The molecule has 27 heavy (non-hydrogen) atoms. The molecule has 0 spiro atoms. The van der Waals surface area contributed by atoms with E-state index in [0.29, 0.717) is 17.2 Å². The number of benzene rings is 1. The van der Waals surface area contributed by atoms with Crippen LogP contribution < -0.4 is 5.32 Å². The molecule has 0 radical (unpaired) electrons. The third-order valence-corrected chi connectivity index (χ3v) is 3.79. The molecule has 0 aromatic heterocycles. The summed E-state index contributed by atoms with van der Waals surface area (Å²) in [4.78, 5) is 23.8. The maximum Gasteiger partial charge on any atom is 0.308 e. The minimum atomic E-state index is -1.08. The molecule has 0 aliphatic heterocycles. The van der Waals surface area contributed by atoms with Gasteiger partial charge in [0.2, 0.25) is 0 Å². The van der Waals surface area contributed by atoms with Crippen LogP contribution in [0.4, 0.5) is 0 Å². The Morgan fingerprint density at radius 2 is 1.93 bits per heavy atom. The molecule has 148 valence electrons. The van der Waals surface area contributed by atoms with Gasteiger partial charge in [-0.15, -0.1) is 0 Å². The molecule has 0 saturated heterocycles. The molecule has 0 saturated carbocycles. The number of halogens is 1. The third kappa shape index (κ3) is 9.35. The third-order valence-electron chi connectivity index (χ3n) is 3.54. The summed E-state index contributed by atoms with van der Waals surface area (Å²) >= 11 is 5.82. The van der Waals surface area contributed by atoms with Gasteiger partial charge in [0.1, 0.15) is 13.4 Å². The molecule has 1 amide bonds. The number of nitrogens with one attached hydrogen (secondary N) is 1. The van der Waals surface area contributed by atoms with Crippen molar-refractivity contribution in [2.75, 3.05) is 33.2 Å². The average molecular weight is 399 g/mol. The van der Waals surface area contributed by atoms with E-state index in [0.717, 1.165) is 0 Å². The van der Waals surface area contributed by atoms with Gasteiger partial charge < -0.3 is 24.6 Å². The summed E-state index contributed by atoms with van der Waals surface area (Å²) in [6.45, 7) is 2.06. The first kappa shape index (κ1) is 22.9. The standard InChI is InChI=1S/C18H23ClN2O6/c1-2-25-12-27-11-16(9-14(18(23)24)10-26-8-7-20)21-17(22)13-3-5-15(19)6-4-13/h3-6,14,16H,2,8-12H2,1H3,(H,21,22)(H,23,24). The van der Waals surface area contributed by atoms with Crippen molar-refractivity contribution in [3.8, 4) is 6.07 Å². The Bertz CT molecular complexity index is 632. The molecule has 0 fully saturated rings. The van der Waals surface area contributed by atoms with Crippen LogP contribution >= 0.6 is 11.6 Å². The Labute approximate surface area is 163 Å². The van der Waals surface area contributed by atoms with E-state index in [1.807, 2.05) is 6.92 Å². The molecule has 0 aliphatic carbocycles. The quantitative estimate of drug-likeness (QED) is 0.385. The molecule has 2 atom stereocenters. The largest absolute Gasteiger partial charge is 0.481 e. The first-order chi connectivity index (χ1) is 13.0. The number of carbonyl (C=O) groups excluding carboxylic acids is 1. The van der Waals surface area contributed by atoms with Gasteiger partial charge >= 0.3 is 5.97 Å². The Morgan fingerprint density at radius 1 is 1.22 bits per heavy atom. The van der Waals surface area contributed by atoms with Crippen molar-refractivity contribution in [3.05, 3.63) is 34.9 Å². The van der Waals surface area contributed by atoms with Crippen LogP contribution in [-0.4, -0.2) is 56.2 Å². The van der Waals surface area contributed by atoms with E-state index in [4.69, 9.17) is 31.1 Å². The van der Waals surface area contributed by atoms with E-state index in [1.165, 1.54) is 0 Å². The number of carboxylic acids is 1. The predicted molar refractivity (Wildman–Crippen MR) is 97.3 cm³/mol. The molecule has 0 bridgehead atoms. The van der Waals surface area contributed by atoms with E-state index in [9.17, 15) is 14.7 Å². The zero-order valence-electron chi connectivity index (χ0n) is 15.0. The fraction of sp³-hybridized carbons (Fsp3) is 0.500. The van der Waals surface area contributed by atoms with Crippen molar-refractivity contribution in [1.82, 2.24) is 5.32 Å². The maximum atomic E-state index is 12.4. The Morgan fingerprint density at radius 3 is 2.52 bits per heavy atom. The second-order valence-corrected chi connectivity index (χ2v) is 6.04. The van der Waals surface area contributed by atoms with E-state index in [1.54, 1.807) is 30.3 Å². The minimum Gasteiger partial charge on any atom is -0.481 e. The van der Waals surface area contributed by atoms with Crippen molar-refractivity contribution < 1.29 is 28.9 Å². The molecule has 1 aromatic carbocycles. The molecule has 8 nitrogen and oxygen atoms in total. The van der Waals surface area contributed by atoms with Crippen molar-refractivity contribution in [2.24, 2.45) is 5.92 Å². The summed E-state index contributed by atoms with van der Waals surface area (Å²) in [6, 6.07) is 7.52. The zero-order chi connectivity index (χ0) is 20.1. The lowest BCUT2D eigenvalue weighted by atomic mass is 10.0. The SMILES string of the molecule is CCOCOCC(CC(COCC#N)C(=O)O)NC(=O)c1ccc(Cl)cc1. The smallest absolute Gasteiger partial charge is 0.308 e. The topological polar surface area (TPSA) is 118 Å². The predicted octanol–water partition coefficient (Wildman–Crippen LogP) is 2.08. The number of nitrogens with zero attached hydrogens (tertiary/aromatic N) is 1. The highest BCUT2D eigenvalue weighted by atomic mass is 35.5. The van der Waals surface area contributed by atoms with Crippen LogP contribution in [0.3, 0.4) is 0 Å². The highest BCUT2D eigenvalue weighted by Crippen LogP contribution is 2.12. The zero-order valence-corrected chi connectivity index (χ0v) is 15.8. The normalized spacial score (nSPS) is 12.8. The molecular formula is C18H23ClN2O6. The van der Waals surface area contributed by atoms with Crippen LogP contribution in [0, 0.1) is 17.2 Å². The van der Waals surface area contributed by atoms with Gasteiger partial charge in [0, 0.05) is 17.2 Å². The second-order valence-electron chi connectivity index (χ2n) is 5.60. The van der Waals surface area contributed by atoms with Crippen LogP contribution in [0.1, 0.15) is 23.7 Å². The number of nitriles is 1. The van der Waals surface area contributed by atoms with Crippen molar-refractivity contribution in [1.29, 1.82) is 5.26 Å². The van der Waals surface area contributed by atoms with E-state index < -0.39 is 17.9 Å². The highest BCUT2D eigenvalue weighted by molar-refractivity contribution is 6.30.